The quantitative estimate of drug-likeness (QED) is 0.236. The van der Waals surface area contributed by atoms with Crippen molar-refractivity contribution >= 4 is 29.2 Å². The van der Waals surface area contributed by atoms with Gasteiger partial charge in [0.05, 0.1) is 24.8 Å². The molecule has 0 spiro atoms. The molecule has 0 radical (unpaired) electrons. The Kier molecular flexibility index (Phi) is 7.20. The average Bonchev–Trinajstić information content (AvgIpc) is 3.72. The van der Waals surface area contributed by atoms with E-state index in [1.54, 1.807) is 29.2 Å². The molecule has 14 nitrogen and oxygen atoms in total. The number of halogens is 1. The number of hydrogen-bond donors (Lipinski definition) is 2. The largest absolute Gasteiger partial charge is 0.433 e. The van der Waals surface area contributed by atoms with Crippen LogP contribution in [0.2, 0.25) is 0 Å². The van der Waals surface area contributed by atoms with Crippen LogP contribution in [-0.4, -0.2) is 64.7 Å². The summed E-state index contributed by atoms with van der Waals surface area (Å²) in [4.78, 5) is 37.9. The molecule has 2 amide bonds. The SMILES string of the molecule is O=C(NCC(=O)N1CCN(c2ccc(-c3cc(CNc4ccon4)on3)cc2F)CC1)c1ccc([N+](=O)[O-])o1. The second kappa shape index (κ2) is 11.0. The van der Waals surface area contributed by atoms with Crippen molar-refractivity contribution in [2.45, 2.75) is 6.54 Å². The Morgan fingerprint density at radius 2 is 1.90 bits per heavy atom. The molecule has 2 N–H and O–H groups in total. The summed E-state index contributed by atoms with van der Waals surface area (Å²) in [5, 5.41) is 23.8. The molecule has 4 aromatic rings. The molecule has 1 saturated heterocycles. The van der Waals surface area contributed by atoms with Crippen molar-refractivity contribution in [2.24, 2.45) is 0 Å². The first kappa shape index (κ1) is 25.4. The highest BCUT2D eigenvalue weighted by Gasteiger charge is 2.24. The van der Waals surface area contributed by atoms with Gasteiger partial charge in [-0.3, -0.25) is 19.7 Å². The zero-order valence-corrected chi connectivity index (χ0v) is 20.3. The molecule has 39 heavy (non-hydrogen) atoms. The number of piperazine rings is 1. The number of nitrogens with one attached hydrogen (secondary N) is 2. The highest BCUT2D eigenvalue weighted by Crippen LogP contribution is 2.27. The first-order valence-electron chi connectivity index (χ1n) is 11.8. The van der Waals surface area contributed by atoms with Gasteiger partial charge in [-0.2, -0.15) is 0 Å². The first-order valence-corrected chi connectivity index (χ1v) is 11.8. The van der Waals surface area contributed by atoms with Crippen molar-refractivity contribution in [3.8, 4) is 11.3 Å². The van der Waals surface area contributed by atoms with E-state index < -0.39 is 22.5 Å². The number of carbonyl (C=O) groups excluding carboxylic acids is 2. The summed E-state index contributed by atoms with van der Waals surface area (Å²) in [5.41, 5.74) is 1.44. The Labute approximate surface area is 219 Å². The zero-order valence-electron chi connectivity index (χ0n) is 20.3. The summed E-state index contributed by atoms with van der Waals surface area (Å²) in [6.45, 7) is 1.47. The number of furan rings is 1. The summed E-state index contributed by atoms with van der Waals surface area (Å²) < 4.78 is 29.9. The van der Waals surface area contributed by atoms with Gasteiger partial charge < -0.3 is 33.9 Å². The van der Waals surface area contributed by atoms with Gasteiger partial charge in [0.2, 0.25) is 5.91 Å². The minimum atomic E-state index is -0.761. The van der Waals surface area contributed by atoms with Gasteiger partial charge in [0.1, 0.15) is 22.7 Å². The summed E-state index contributed by atoms with van der Waals surface area (Å²) in [6.07, 6.45) is 1.44. The molecule has 15 heteroatoms. The number of anilines is 2. The standard InChI is InChI=1S/C24H22FN7O7/c25-17-11-15(18-12-16(39-28-18)13-26-21-5-10-37-29-21)1-2-19(17)30-6-8-31(9-7-30)22(33)14-27-24(34)20-3-4-23(38-20)32(35)36/h1-5,10-12H,6-9,13-14H2,(H,26,29)(H,27,34). The van der Waals surface area contributed by atoms with E-state index in [4.69, 9.17) is 13.5 Å². The molecule has 0 atom stereocenters. The van der Waals surface area contributed by atoms with Crippen molar-refractivity contribution in [2.75, 3.05) is 42.9 Å². The third kappa shape index (κ3) is 5.87. The third-order valence-electron chi connectivity index (χ3n) is 6.05. The molecular formula is C24H22FN7O7. The predicted molar refractivity (Wildman–Crippen MR) is 132 cm³/mol. The van der Waals surface area contributed by atoms with Crippen molar-refractivity contribution in [1.82, 2.24) is 20.5 Å². The number of rotatable bonds is 9. The van der Waals surface area contributed by atoms with Gasteiger partial charge in [0, 0.05) is 43.9 Å². The number of benzene rings is 1. The number of amides is 2. The van der Waals surface area contributed by atoms with Gasteiger partial charge in [-0.05, 0) is 18.2 Å². The summed E-state index contributed by atoms with van der Waals surface area (Å²) in [7, 11) is 0. The molecule has 1 fully saturated rings. The van der Waals surface area contributed by atoms with Crippen LogP contribution in [0, 0.1) is 15.9 Å². The minimum absolute atomic E-state index is 0.261. The lowest BCUT2D eigenvalue weighted by atomic mass is 10.1. The maximum absolute atomic E-state index is 15.0. The molecule has 1 aromatic carbocycles. The molecule has 0 bridgehead atoms. The van der Waals surface area contributed by atoms with Crippen molar-refractivity contribution in [3.05, 3.63) is 76.2 Å². The maximum Gasteiger partial charge on any atom is 0.433 e. The molecule has 0 saturated carbocycles. The Bertz CT molecular complexity index is 1480. The number of nitro groups is 1. The van der Waals surface area contributed by atoms with Gasteiger partial charge in [0.25, 0.3) is 5.91 Å². The maximum atomic E-state index is 15.0. The molecule has 202 valence electrons. The van der Waals surface area contributed by atoms with Crippen LogP contribution in [0.15, 0.2) is 62.2 Å². The highest BCUT2D eigenvalue weighted by atomic mass is 19.1. The number of carbonyl (C=O) groups is 2. The minimum Gasteiger partial charge on any atom is -0.395 e. The monoisotopic (exact) mass is 539 g/mol. The number of nitrogens with zero attached hydrogens (tertiary/aromatic N) is 5. The van der Waals surface area contributed by atoms with Crippen molar-refractivity contribution in [3.63, 3.8) is 0 Å². The highest BCUT2D eigenvalue weighted by molar-refractivity contribution is 5.94. The van der Waals surface area contributed by atoms with Crippen LogP contribution >= 0.6 is 0 Å². The molecule has 1 aliphatic heterocycles. The second-order valence-electron chi connectivity index (χ2n) is 8.53. The fourth-order valence-corrected chi connectivity index (χ4v) is 4.04. The molecule has 0 unspecified atom stereocenters. The Morgan fingerprint density at radius 3 is 2.59 bits per heavy atom. The van der Waals surface area contributed by atoms with Crippen LogP contribution in [0.1, 0.15) is 16.3 Å². The van der Waals surface area contributed by atoms with Gasteiger partial charge in [-0.25, -0.2) is 4.39 Å². The Balaban J connectivity index is 1.12. The average molecular weight is 539 g/mol. The van der Waals surface area contributed by atoms with E-state index in [9.17, 15) is 19.7 Å². The van der Waals surface area contributed by atoms with Crippen LogP contribution in [0.25, 0.3) is 11.3 Å². The lowest BCUT2D eigenvalue weighted by molar-refractivity contribution is -0.402. The van der Waals surface area contributed by atoms with E-state index >= 15 is 4.39 Å². The Morgan fingerprint density at radius 1 is 1.08 bits per heavy atom. The van der Waals surface area contributed by atoms with E-state index in [0.29, 0.717) is 61.2 Å². The molecule has 5 rings (SSSR count). The first-order chi connectivity index (χ1) is 18.9. The fraction of sp³-hybridized carbons (Fsp3) is 0.250. The van der Waals surface area contributed by atoms with Crippen molar-refractivity contribution in [1.29, 1.82) is 0 Å². The molecule has 4 heterocycles. The summed E-state index contributed by atoms with van der Waals surface area (Å²) >= 11 is 0. The molecule has 0 aliphatic carbocycles. The van der Waals surface area contributed by atoms with Gasteiger partial charge >= 0.3 is 5.88 Å². The fourth-order valence-electron chi connectivity index (χ4n) is 4.04. The topological polar surface area (TPSA) is 173 Å². The number of aromatic nitrogens is 2. The zero-order chi connectivity index (χ0) is 27.4. The Hall–Kier alpha value is -5.21. The summed E-state index contributed by atoms with van der Waals surface area (Å²) in [5.74, 6) is -1.23. The summed E-state index contributed by atoms with van der Waals surface area (Å²) in [6, 6.07) is 10.4. The van der Waals surface area contributed by atoms with E-state index in [-0.39, 0.29) is 18.2 Å². The van der Waals surface area contributed by atoms with E-state index in [1.807, 2.05) is 4.90 Å². The van der Waals surface area contributed by atoms with Crippen molar-refractivity contribution < 1.29 is 32.4 Å². The van der Waals surface area contributed by atoms with Gasteiger partial charge in [-0.15, -0.1) is 0 Å². The third-order valence-corrected chi connectivity index (χ3v) is 6.05. The number of hydrogen-bond acceptors (Lipinski definition) is 11. The van der Waals surface area contributed by atoms with Crippen LogP contribution in [0.3, 0.4) is 0 Å². The van der Waals surface area contributed by atoms with Crippen LogP contribution in [0.4, 0.5) is 21.8 Å². The van der Waals surface area contributed by atoms with Crippen LogP contribution in [0.5, 0.6) is 0 Å². The second-order valence-corrected chi connectivity index (χ2v) is 8.53. The van der Waals surface area contributed by atoms with Gasteiger partial charge in [-0.1, -0.05) is 16.4 Å². The molecule has 3 aromatic heterocycles. The van der Waals surface area contributed by atoms with Crippen LogP contribution in [-0.2, 0) is 11.3 Å². The van der Waals surface area contributed by atoms with Crippen LogP contribution < -0.4 is 15.5 Å². The van der Waals surface area contributed by atoms with E-state index in [1.165, 1.54) is 12.3 Å². The van der Waals surface area contributed by atoms with Gasteiger partial charge in [0.15, 0.2) is 17.3 Å². The van der Waals surface area contributed by atoms with E-state index in [2.05, 4.69) is 20.9 Å². The smallest absolute Gasteiger partial charge is 0.395 e. The lowest BCUT2D eigenvalue weighted by Crippen LogP contribution is -2.51. The normalized spacial score (nSPS) is 13.4. The molecular weight excluding hydrogens is 517 g/mol. The van der Waals surface area contributed by atoms with E-state index in [0.717, 1.165) is 12.1 Å². The lowest BCUT2D eigenvalue weighted by Gasteiger charge is -2.36. The predicted octanol–water partition coefficient (Wildman–Crippen LogP) is 2.66. The molecule has 1 aliphatic rings.